The van der Waals surface area contributed by atoms with E-state index in [1.807, 2.05) is 55.5 Å². The first-order valence-corrected chi connectivity index (χ1v) is 8.68. The molecular formula is C15H16N2O2S2. The monoisotopic (exact) mass is 320 g/mol. The maximum absolute atomic E-state index is 11.6. The van der Waals surface area contributed by atoms with E-state index in [1.165, 1.54) is 0 Å². The molecule has 4 nitrogen and oxygen atoms in total. The molecule has 1 heterocycles. The first kappa shape index (κ1) is 15.7. The van der Waals surface area contributed by atoms with Gasteiger partial charge >= 0.3 is 6.09 Å². The molecule has 0 radical (unpaired) electrons. The average Bonchev–Trinajstić information content (AvgIpc) is 2.53. The fourth-order valence-electron chi connectivity index (χ4n) is 1.42. The van der Waals surface area contributed by atoms with Crippen LogP contribution in [0.15, 0.2) is 59.8 Å². The lowest BCUT2D eigenvalue weighted by molar-refractivity contribution is 0.163. The first-order valence-electron chi connectivity index (χ1n) is 6.47. The standard InChI is InChI=1S/C15H16N2O2S2/c1-12(20-21-14-9-5-6-10-16-14)11-19-15(18)17-13-7-3-2-4-8-13/h2-10,12H,11H2,1H3,(H,17,18). The number of nitrogens with one attached hydrogen (secondary N) is 1. The zero-order valence-corrected chi connectivity index (χ0v) is 13.2. The van der Waals surface area contributed by atoms with Crippen molar-refractivity contribution in [1.82, 2.24) is 4.98 Å². The SMILES string of the molecule is CC(COC(=O)Nc1ccccc1)SSc1ccccn1. The maximum Gasteiger partial charge on any atom is 0.411 e. The number of amides is 1. The van der Waals surface area contributed by atoms with E-state index in [2.05, 4.69) is 10.3 Å². The van der Waals surface area contributed by atoms with Gasteiger partial charge in [0.25, 0.3) is 0 Å². The third kappa shape index (κ3) is 6.10. The zero-order valence-electron chi connectivity index (χ0n) is 11.6. The van der Waals surface area contributed by atoms with Crippen LogP contribution in [0.2, 0.25) is 0 Å². The Morgan fingerprint density at radius 2 is 2.00 bits per heavy atom. The summed E-state index contributed by atoms with van der Waals surface area (Å²) < 4.78 is 5.19. The summed E-state index contributed by atoms with van der Waals surface area (Å²) in [6.45, 7) is 2.36. The van der Waals surface area contributed by atoms with E-state index >= 15 is 0 Å². The molecule has 0 aliphatic rings. The van der Waals surface area contributed by atoms with Crippen LogP contribution < -0.4 is 5.32 Å². The fourth-order valence-corrected chi connectivity index (χ4v) is 3.30. The Kier molecular flexibility index (Phi) is 6.43. The number of hydrogen-bond acceptors (Lipinski definition) is 5. The molecule has 1 amide bonds. The van der Waals surface area contributed by atoms with Crippen LogP contribution in [-0.2, 0) is 4.74 Å². The molecule has 110 valence electrons. The Morgan fingerprint density at radius 1 is 1.24 bits per heavy atom. The number of pyridine rings is 1. The Balaban J connectivity index is 1.66. The van der Waals surface area contributed by atoms with Crippen LogP contribution in [0.1, 0.15) is 6.92 Å². The minimum atomic E-state index is -0.434. The van der Waals surface area contributed by atoms with Gasteiger partial charge in [-0.15, -0.1) is 0 Å². The average molecular weight is 320 g/mol. The van der Waals surface area contributed by atoms with Crippen LogP contribution in [0.4, 0.5) is 10.5 Å². The molecule has 0 spiro atoms. The van der Waals surface area contributed by atoms with Crippen molar-refractivity contribution in [2.45, 2.75) is 17.2 Å². The molecule has 2 aromatic rings. The zero-order chi connectivity index (χ0) is 14.9. The minimum absolute atomic E-state index is 0.179. The van der Waals surface area contributed by atoms with Crippen molar-refractivity contribution in [3.63, 3.8) is 0 Å². The second-order valence-electron chi connectivity index (χ2n) is 4.25. The number of carbonyl (C=O) groups excluding carboxylic acids is 1. The van der Waals surface area contributed by atoms with E-state index in [-0.39, 0.29) is 5.25 Å². The molecule has 0 aliphatic carbocycles. The van der Waals surface area contributed by atoms with Crippen molar-refractivity contribution in [2.75, 3.05) is 11.9 Å². The molecule has 1 N–H and O–H groups in total. The van der Waals surface area contributed by atoms with Crippen molar-refractivity contribution < 1.29 is 9.53 Å². The highest BCUT2D eigenvalue weighted by molar-refractivity contribution is 8.76. The van der Waals surface area contributed by atoms with E-state index in [9.17, 15) is 4.79 Å². The third-order valence-corrected chi connectivity index (χ3v) is 5.16. The van der Waals surface area contributed by atoms with Gasteiger partial charge in [-0.3, -0.25) is 5.32 Å². The molecule has 1 unspecified atom stereocenters. The molecule has 1 aromatic heterocycles. The van der Waals surface area contributed by atoms with Gasteiger partial charge in [0.15, 0.2) is 0 Å². The summed E-state index contributed by atoms with van der Waals surface area (Å²) in [5.74, 6) is 0. The number of para-hydroxylation sites is 1. The molecule has 1 atom stereocenters. The van der Waals surface area contributed by atoms with Gasteiger partial charge in [-0.05, 0) is 42.0 Å². The summed E-state index contributed by atoms with van der Waals surface area (Å²) in [5.41, 5.74) is 0.727. The molecule has 1 aromatic carbocycles. The van der Waals surface area contributed by atoms with Crippen LogP contribution in [0.3, 0.4) is 0 Å². The highest BCUT2D eigenvalue weighted by Gasteiger charge is 2.09. The summed E-state index contributed by atoms with van der Waals surface area (Å²) in [6.07, 6.45) is 1.33. The van der Waals surface area contributed by atoms with Gasteiger partial charge in [0.2, 0.25) is 0 Å². The van der Waals surface area contributed by atoms with Crippen LogP contribution in [0, 0.1) is 0 Å². The van der Waals surface area contributed by atoms with Gasteiger partial charge in [-0.2, -0.15) is 0 Å². The fraction of sp³-hybridized carbons (Fsp3) is 0.200. The predicted octanol–water partition coefficient (Wildman–Crippen LogP) is 4.46. The number of ether oxygens (including phenoxy) is 1. The highest BCUT2D eigenvalue weighted by atomic mass is 33.1. The summed E-state index contributed by atoms with van der Waals surface area (Å²) in [7, 11) is 3.20. The summed E-state index contributed by atoms with van der Waals surface area (Å²) >= 11 is 0. The lowest BCUT2D eigenvalue weighted by Gasteiger charge is -2.11. The van der Waals surface area contributed by atoms with Crippen molar-refractivity contribution in [3.8, 4) is 0 Å². The van der Waals surface area contributed by atoms with Crippen LogP contribution in [-0.4, -0.2) is 22.9 Å². The number of carbonyl (C=O) groups is 1. The number of rotatable bonds is 6. The van der Waals surface area contributed by atoms with Gasteiger partial charge in [0.05, 0.1) is 0 Å². The van der Waals surface area contributed by atoms with Crippen molar-refractivity contribution in [3.05, 3.63) is 54.7 Å². The third-order valence-electron chi connectivity index (χ3n) is 2.40. The predicted molar refractivity (Wildman–Crippen MR) is 88.6 cm³/mol. The molecular weight excluding hydrogens is 304 g/mol. The Morgan fingerprint density at radius 3 is 2.71 bits per heavy atom. The maximum atomic E-state index is 11.6. The summed E-state index contributed by atoms with van der Waals surface area (Å²) in [5, 5.41) is 3.81. The van der Waals surface area contributed by atoms with Crippen LogP contribution in [0.5, 0.6) is 0 Å². The van der Waals surface area contributed by atoms with Gasteiger partial charge in [0, 0.05) is 17.1 Å². The van der Waals surface area contributed by atoms with Gasteiger partial charge in [-0.1, -0.05) is 35.1 Å². The summed E-state index contributed by atoms with van der Waals surface area (Å²) in [4.78, 5) is 15.9. The van der Waals surface area contributed by atoms with E-state index in [0.29, 0.717) is 6.61 Å². The van der Waals surface area contributed by atoms with Crippen molar-refractivity contribution in [1.29, 1.82) is 0 Å². The molecule has 0 fully saturated rings. The molecule has 0 saturated heterocycles. The quantitative estimate of drug-likeness (QED) is 0.796. The number of aromatic nitrogens is 1. The second-order valence-corrected chi connectivity index (χ2v) is 6.91. The lowest BCUT2D eigenvalue weighted by Crippen LogP contribution is -2.18. The van der Waals surface area contributed by atoms with E-state index in [0.717, 1.165) is 10.7 Å². The van der Waals surface area contributed by atoms with Crippen molar-refractivity contribution >= 4 is 33.4 Å². The first-order chi connectivity index (χ1) is 10.2. The van der Waals surface area contributed by atoms with Crippen molar-refractivity contribution in [2.24, 2.45) is 0 Å². The van der Waals surface area contributed by atoms with Crippen LogP contribution >= 0.6 is 21.6 Å². The molecule has 2 rings (SSSR count). The molecule has 0 bridgehead atoms. The highest BCUT2D eigenvalue weighted by Crippen LogP contribution is 2.32. The summed E-state index contributed by atoms with van der Waals surface area (Å²) in [6, 6.07) is 15.0. The number of anilines is 1. The Bertz CT molecular complexity index is 552. The molecule has 6 heteroatoms. The second kappa shape index (κ2) is 8.59. The molecule has 0 saturated carbocycles. The Hall–Kier alpha value is -1.66. The van der Waals surface area contributed by atoms with E-state index < -0.39 is 6.09 Å². The van der Waals surface area contributed by atoms with Crippen LogP contribution in [0.25, 0.3) is 0 Å². The topological polar surface area (TPSA) is 51.2 Å². The number of hydrogen-bond donors (Lipinski definition) is 1. The normalized spacial score (nSPS) is 11.7. The van der Waals surface area contributed by atoms with Gasteiger partial charge in [-0.25, -0.2) is 9.78 Å². The van der Waals surface area contributed by atoms with Gasteiger partial charge < -0.3 is 4.74 Å². The smallest absolute Gasteiger partial charge is 0.411 e. The molecule has 0 aliphatic heterocycles. The number of nitrogens with zero attached hydrogens (tertiary/aromatic N) is 1. The molecule has 21 heavy (non-hydrogen) atoms. The minimum Gasteiger partial charge on any atom is -0.448 e. The van der Waals surface area contributed by atoms with Gasteiger partial charge in [0.1, 0.15) is 11.6 Å². The Labute approximate surface area is 132 Å². The largest absolute Gasteiger partial charge is 0.448 e. The van der Waals surface area contributed by atoms with E-state index in [4.69, 9.17) is 4.74 Å². The van der Waals surface area contributed by atoms with E-state index in [1.54, 1.807) is 27.8 Å². The lowest BCUT2D eigenvalue weighted by atomic mass is 10.3. The number of benzene rings is 1.